The molecule has 2 nitrogen and oxygen atoms in total. The van der Waals surface area contributed by atoms with E-state index in [2.05, 4.69) is 21.2 Å². The summed E-state index contributed by atoms with van der Waals surface area (Å²) in [6.45, 7) is 4.90. The van der Waals surface area contributed by atoms with E-state index in [0.29, 0.717) is 17.9 Å². The van der Waals surface area contributed by atoms with Crippen molar-refractivity contribution in [3.8, 4) is 11.5 Å². The predicted octanol–water partition coefficient (Wildman–Crippen LogP) is 4.94. The number of nitrogens with one attached hydrogen (secondary N) is 1. The summed E-state index contributed by atoms with van der Waals surface area (Å²) in [7, 11) is 0. The van der Waals surface area contributed by atoms with Crippen LogP contribution < -0.4 is 10.1 Å². The van der Waals surface area contributed by atoms with Gasteiger partial charge in [-0.1, -0.05) is 22.9 Å². The summed E-state index contributed by atoms with van der Waals surface area (Å²) in [5.74, 6) is -1.36. The summed E-state index contributed by atoms with van der Waals surface area (Å²) in [4.78, 5) is 0. The van der Waals surface area contributed by atoms with Gasteiger partial charge in [0.05, 0.1) is 0 Å². The molecule has 0 atom stereocenters. The molecule has 1 N–H and O–H groups in total. The molecule has 0 aliphatic heterocycles. The molecule has 21 heavy (non-hydrogen) atoms. The lowest BCUT2D eigenvalue weighted by Crippen LogP contribution is -2.12. The van der Waals surface area contributed by atoms with Crippen LogP contribution in [0, 0.1) is 18.6 Å². The summed E-state index contributed by atoms with van der Waals surface area (Å²) < 4.78 is 34.3. The minimum atomic E-state index is -0.703. The van der Waals surface area contributed by atoms with Crippen LogP contribution in [0.5, 0.6) is 11.5 Å². The Kier molecular flexibility index (Phi) is 5.31. The highest BCUT2D eigenvalue weighted by Crippen LogP contribution is 2.31. The highest BCUT2D eigenvalue weighted by atomic mass is 79.9. The van der Waals surface area contributed by atoms with Crippen molar-refractivity contribution in [2.45, 2.75) is 20.4 Å². The fourth-order valence-electron chi connectivity index (χ4n) is 1.92. The van der Waals surface area contributed by atoms with Gasteiger partial charge in [0.2, 0.25) is 0 Å². The molecule has 0 bridgehead atoms. The maximum atomic E-state index is 14.0. The zero-order chi connectivity index (χ0) is 15.4. The number of halogens is 3. The second-order valence-corrected chi connectivity index (χ2v) is 5.60. The minimum absolute atomic E-state index is 0.374. The van der Waals surface area contributed by atoms with E-state index in [4.69, 9.17) is 4.74 Å². The van der Waals surface area contributed by atoms with Gasteiger partial charge in [-0.2, -0.15) is 0 Å². The maximum absolute atomic E-state index is 14.0. The second kappa shape index (κ2) is 7.00. The van der Waals surface area contributed by atoms with E-state index < -0.39 is 11.6 Å². The van der Waals surface area contributed by atoms with Crippen LogP contribution in [0.4, 0.5) is 8.78 Å². The molecule has 0 aromatic heterocycles. The molecule has 0 radical (unpaired) electrons. The van der Waals surface area contributed by atoms with Crippen LogP contribution in [0.25, 0.3) is 0 Å². The Morgan fingerprint density at radius 3 is 2.38 bits per heavy atom. The van der Waals surface area contributed by atoms with E-state index in [-0.39, 0.29) is 5.75 Å². The van der Waals surface area contributed by atoms with Gasteiger partial charge in [-0.15, -0.1) is 0 Å². The van der Waals surface area contributed by atoms with E-state index in [9.17, 15) is 8.78 Å². The Morgan fingerprint density at radius 1 is 1.14 bits per heavy atom. The minimum Gasteiger partial charge on any atom is -0.451 e. The zero-order valence-corrected chi connectivity index (χ0v) is 13.4. The second-order valence-electron chi connectivity index (χ2n) is 4.68. The highest BCUT2D eigenvalue weighted by molar-refractivity contribution is 9.10. The number of aryl methyl sites for hydroxylation is 1. The largest absolute Gasteiger partial charge is 0.451 e. The molecule has 0 aliphatic carbocycles. The molecule has 0 unspecified atom stereocenters. The third kappa shape index (κ3) is 4.02. The first-order valence-electron chi connectivity index (χ1n) is 6.64. The summed E-state index contributed by atoms with van der Waals surface area (Å²) in [6.07, 6.45) is 0. The monoisotopic (exact) mass is 355 g/mol. The summed E-state index contributed by atoms with van der Waals surface area (Å²) in [6, 6.07) is 7.83. The van der Waals surface area contributed by atoms with Crippen molar-refractivity contribution < 1.29 is 13.5 Å². The molecule has 2 aromatic rings. The zero-order valence-electron chi connectivity index (χ0n) is 11.8. The van der Waals surface area contributed by atoms with Crippen LogP contribution >= 0.6 is 15.9 Å². The van der Waals surface area contributed by atoms with Crippen molar-refractivity contribution in [2.75, 3.05) is 6.54 Å². The first kappa shape index (κ1) is 15.9. The Labute approximate surface area is 131 Å². The molecule has 112 valence electrons. The van der Waals surface area contributed by atoms with Gasteiger partial charge in [-0.05, 0) is 54.9 Å². The molecule has 0 aliphatic rings. The lowest BCUT2D eigenvalue weighted by Gasteiger charge is -2.12. The fraction of sp³-hybridized carbons (Fsp3) is 0.250. The summed E-state index contributed by atoms with van der Waals surface area (Å²) >= 11 is 3.33. The van der Waals surface area contributed by atoms with Gasteiger partial charge in [0.15, 0.2) is 17.4 Å². The summed E-state index contributed by atoms with van der Waals surface area (Å²) in [5.41, 5.74) is 1.34. The van der Waals surface area contributed by atoms with Crippen LogP contribution in [-0.2, 0) is 6.54 Å². The summed E-state index contributed by atoms with van der Waals surface area (Å²) in [5, 5.41) is 3.02. The highest BCUT2D eigenvalue weighted by Gasteiger charge is 2.14. The van der Waals surface area contributed by atoms with E-state index in [1.807, 2.05) is 19.9 Å². The molecular weight excluding hydrogens is 340 g/mol. The molecule has 2 rings (SSSR count). The molecule has 2 aromatic carbocycles. The van der Waals surface area contributed by atoms with Crippen LogP contribution in [0.1, 0.15) is 18.1 Å². The Morgan fingerprint density at radius 2 is 1.81 bits per heavy atom. The van der Waals surface area contributed by atoms with Gasteiger partial charge >= 0.3 is 0 Å². The van der Waals surface area contributed by atoms with Crippen LogP contribution in [0.2, 0.25) is 0 Å². The lowest BCUT2D eigenvalue weighted by molar-refractivity contribution is 0.404. The molecule has 0 fully saturated rings. The lowest BCUT2D eigenvalue weighted by atomic mass is 10.2. The van der Waals surface area contributed by atoms with Gasteiger partial charge in [0.25, 0.3) is 0 Å². The average Bonchev–Trinajstić information content (AvgIpc) is 2.42. The SMILES string of the molecule is CCNCc1cc(F)c(Oc2ccc(Br)cc2C)c(F)c1. The van der Waals surface area contributed by atoms with Crippen molar-refractivity contribution in [3.63, 3.8) is 0 Å². The molecule has 5 heteroatoms. The van der Waals surface area contributed by atoms with E-state index >= 15 is 0 Å². The van der Waals surface area contributed by atoms with Crippen molar-refractivity contribution >= 4 is 15.9 Å². The fourth-order valence-corrected chi connectivity index (χ4v) is 2.39. The number of benzene rings is 2. The Bertz CT molecular complexity index is 623. The van der Waals surface area contributed by atoms with Crippen LogP contribution in [-0.4, -0.2) is 6.54 Å². The maximum Gasteiger partial charge on any atom is 0.198 e. The molecular formula is C16H16BrF2NO. The first-order valence-corrected chi connectivity index (χ1v) is 7.43. The normalized spacial score (nSPS) is 10.7. The van der Waals surface area contributed by atoms with Crippen molar-refractivity contribution in [3.05, 3.63) is 57.6 Å². The smallest absolute Gasteiger partial charge is 0.198 e. The molecule has 0 spiro atoms. The van der Waals surface area contributed by atoms with Crippen LogP contribution in [0.15, 0.2) is 34.8 Å². The predicted molar refractivity (Wildman–Crippen MR) is 82.7 cm³/mol. The third-order valence-electron chi connectivity index (χ3n) is 2.99. The molecule has 0 saturated carbocycles. The van der Waals surface area contributed by atoms with Crippen molar-refractivity contribution in [1.82, 2.24) is 5.32 Å². The van der Waals surface area contributed by atoms with Gasteiger partial charge in [0, 0.05) is 11.0 Å². The van der Waals surface area contributed by atoms with E-state index in [0.717, 1.165) is 16.6 Å². The number of hydrogen-bond donors (Lipinski definition) is 1. The average molecular weight is 356 g/mol. The van der Waals surface area contributed by atoms with Gasteiger partial charge in [-0.3, -0.25) is 0 Å². The first-order chi connectivity index (χ1) is 10.0. The quantitative estimate of drug-likeness (QED) is 0.820. The third-order valence-corrected chi connectivity index (χ3v) is 3.48. The topological polar surface area (TPSA) is 21.3 Å². The van der Waals surface area contributed by atoms with Crippen molar-refractivity contribution in [2.24, 2.45) is 0 Å². The number of ether oxygens (including phenoxy) is 1. The van der Waals surface area contributed by atoms with Gasteiger partial charge in [-0.25, -0.2) is 8.78 Å². The van der Waals surface area contributed by atoms with Crippen molar-refractivity contribution in [1.29, 1.82) is 0 Å². The van der Waals surface area contributed by atoms with Crippen LogP contribution in [0.3, 0.4) is 0 Å². The van der Waals surface area contributed by atoms with Gasteiger partial charge in [0.1, 0.15) is 5.75 Å². The van der Waals surface area contributed by atoms with E-state index in [1.54, 1.807) is 12.1 Å². The number of rotatable bonds is 5. The standard InChI is InChI=1S/C16H16BrF2NO/c1-3-20-9-11-7-13(18)16(14(19)8-11)21-15-5-4-12(17)6-10(15)2/h4-8,20H,3,9H2,1-2H3. The molecule has 0 amide bonds. The Balaban J connectivity index is 2.27. The molecule has 0 saturated heterocycles. The molecule has 0 heterocycles. The number of hydrogen-bond acceptors (Lipinski definition) is 2. The Hall–Kier alpha value is -1.46. The van der Waals surface area contributed by atoms with E-state index in [1.165, 1.54) is 12.1 Å². The van der Waals surface area contributed by atoms with Gasteiger partial charge < -0.3 is 10.1 Å².